The van der Waals surface area contributed by atoms with E-state index in [2.05, 4.69) is 44.0 Å². The van der Waals surface area contributed by atoms with Gasteiger partial charge in [-0.05, 0) is 42.7 Å². The summed E-state index contributed by atoms with van der Waals surface area (Å²) in [5, 5.41) is 0. The van der Waals surface area contributed by atoms with Gasteiger partial charge in [-0.15, -0.1) is 0 Å². The summed E-state index contributed by atoms with van der Waals surface area (Å²) in [7, 11) is 0. The standard InChI is InChI=1S/C16H21/c1-4-5-6-7-8-9-15-10-12-16(13-11-15)14(2)3/h10-14H,5-9H2,2-3H3. The summed E-state index contributed by atoms with van der Waals surface area (Å²) in [6.07, 6.45) is 12.3. The maximum absolute atomic E-state index is 6.82. The molecule has 0 N–H and O–H groups in total. The summed E-state index contributed by atoms with van der Waals surface area (Å²) in [6.45, 7) is 4.45. The molecule has 0 aromatic heterocycles. The lowest BCUT2D eigenvalue weighted by molar-refractivity contribution is 0.692. The summed E-state index contributed by atoms with van der Waals surface area (Å²) in [5.41, 5.74) is 2.85. The van der Waals surface area contributed by atoms with E-state index in [1.54, 1.807) is 0 Å². The first-order valence-electron chi connectivity index (χ1n) is 6.22. The predicted molar refractivity (Wildman–Crippen MR) is 69.8 cm³/mol. The van der Waals surface area contributed by atoms with Crippen LogP contribution in [0.25, 0.3) is 0 Å². The van der Waals surface area contributed by atoms with Gasteiger partial charge in [0.15, 0.2) is 0 Å². The Hall–Kier alpha value is -1.22. The van der Waals surface area contributed by atoms with E-state index in [1.165, 1.54) is 24.0 Å². The lowest BCUT2D eigenvalue weighted by Crippen LogP contribution is -1.90. The molecule has 1 rings (SSSR count). The first kappa shape index (κ1) is 12.8. The van der Waals surface area contributed by atoms with Gasteiger partial charge < -0.3 is 0 Å². The SMILES string of the molecule is [C]#CCCCCCc1ccc(C(C)C)cc1. The summed E-state index contributed by atoms with van der Waals surface area (Å²) in [5.74, 6) is 3.06. The quantitative estimate of drug-likeness (QED) is 0.482. The van der Waals surface area contributed by atoms with Gasteiger partial charge in [0.05, 0.1) is 0 Å². The summed E-state index contributed by atoms with van der Waals surface area (Å²) in [4.78, 5) is 0. The van der Waals surface area contributed by atoms with E-state index in [4.69, 9.17) is 6.42 Å². The van der Waals surface area contributed by atoms with Crippen molar-refractivity contribution >= 4 is 0 Å². The van der Waals surface area contributed by atoms with Gasteiger partial charge in [0.2, 0.25) is 0 Å². The third-order valence-electron chi connectivity index (χ3n) is 2.91. The van der Waals surface area contributed by atoms with E-state index in [9.17, 15) is 0 Å². The van der Waals surface area contributed by atoms with E-state index in [0.29, 0.717) is 5.92 Å². The van der Waals surface area contributed by atoms with Gasteiger partial charge in [-0.2, -0.15) is 0 Å². The fraction of sp³-hybridized carbons (Fsp3) is 0.500. The van der Waals surface area contributed by atoms with Crippen LogP contribution in [0.3, 0.4) is 0 Å². The van der Waals surface area contributed by atoms with E-state index in [0.717, 1.165) is 19.3 Å². The molecule has 0 saturated carbocycles. The van der Waals surface area contributed by atoms with Crippen molar-refractivity contribution in [2.45, 2.75) is 51.9 Å². The Labute approximate surface area is 100 Å². The topological polar surface area (TPSA) is 0 Å². The normalized spacial score (nSPS) is 10.4. The fourth-order valence-electron chi connectivity index (χ4n) is 1.79. The summed E-state index contributed by atoms with van der Waals surface area (Å²) < 4.78 is 0. The van der Waals surface area contributed by atoms with Crippen molar-refractivity contribution in [1.29, 1.82) is 0 Å². The Morgan fingerprint density at radius 3 is 2.31 bits per heavy atom. The number of rotatable bonds is 6. The average Bonchev–Trinajstić information content (AvgIpc) is 2.29. The van der Waals surface area contributed by atoms with Crippen LogP contribution >= 0.6 is 0 Å². The van der Waals surface area contributed by atoms with Crippen molar-refractivity contribution in [2.75, 3.05) is 0 Å². The molecule has 0 spiro atoms. The van der Waals surface area contributed by atoms with Crippen LogP contribution in [0.1, 0.15) is 56.6 Å². The van der Waals surface area contributed by atoms with Crippen molar-refractivity contribution in [3.05, 3.63) is 41.8 Å². The molecule has 16 heavy (non-hydrogen) atoms. The van der Waals surface area contributed by atoms with Crippen LogP contribution in [-0.2, 0) is 6.42 Å². The Kier molecular flexibility index (Phi) is 5.72. The highest BCUT2D eigenvalue weighted by atomic mass is 14.0. The van der Waals surface area contributed by atoms with Gasteiger partial charge in [0.25, 0.3) is 0 Å². The van der Waals surface area contributed by atoms with Gasteiger partial charge in [-0.3, -0.25) is 0 Å². The van der Waals surface area contributed by atoms with Crippen LogP contribution in [0.4, 0.5) is 0 Å². The largest absolute Gasteiger partial charge is 0.0891 e. The zero-order valence-corrected chi connectivity index (χ0v) is 10.4. The predicted octanol–water partition coefficient (Wildman–Crippen LogP) is 4.50. The van der Waals surface area contributed by atoms with Crippen LogP contribution in [0.5, 0.6) is 0 Å². The maximum atomic E-state index is 6.82. The number of hydrogen-bond acceptors (Lipinski definition) is 0. The molecule has 0 saturated heterocycles. The molecule has 0 aliphatic rings. The molecular formula is C16H21. The van der Waals surface area contributed by atoms with Crippen molar-refractivity contribution in [3.8, 4) is 5.92 Å². The third kappa shape index (κ3) is 4.53. The van der Waals surface area contributed by atoms with E-state index in [-0.39, 0.29) is 0 Å². The van der Waals surface area contributed by atoms with E-state index in [1.807, 2.05) is 0 Å². The zero-order valence-electron chi connectivity index (χ0n) is 10.4. The van der Waals surface area contributed by atoms with Crippen LogP contribution < -0.4 is 0 Å². The highest BCUT2D eigenvalue weighted by Gasteiger charge is 1.98. The Morgan fingerprint density at radius 2 is 1.75 bits per heavy atom. The molecule has 0 nitrogen and oxygen atoms in total. The molecule has 0 aliphatic heterocycles. The monoisotopic (exact) mass is 213 g/mol. The maximum Gasteiger partial charge on any atom is 0.00989 e. The smallest absolute Gasteiger partial charge is 0.00989 e. The number of benzene rings is 1. The molecule has 0 amide bonds. The highest BCUT2D eigenvalue weighted by Crippen LogP contribution is 2.16. The second kappa shape index (κ2) is 7.12. The minimum atomic E-state index is 0.622. The van der Waals surface area contributed by atoms with Gasteiger partial charge in [0, 0.05) is 6.42 Å². The number of unbranched alkanes of at least 4 members (excludes halogenated alkanes) is 3. The molecule has 1 aromatic rings. The molecule has 1 aromatic carbocycles. The van der Waals surface area contributed by atoms with Gasteiger partial charge >= 0.3 is 0 Å². The van der Waals surface area contributed by atoms with Crippen LogP contribution in [0.2, 0.25) is 0 Å². The molecule has 0 atom stereocenters. The minimum Gasteiger partial charge on any atom is -0.0891 e. The van der Waals surface area contributed by atoms with Gasteiger partial charge in [-0.1, -0.05) is 50.5 Å². The molecule has 85 valence electrons. The van der Waals surface area contributed by atoms with E-state index < -0.39 is 0 Å². The van der Waals surface area contributed by atoms with Gasteiger partial charge in [0.1, 0.15) is 0 Å². The van der Waals surface area contributed by atoms with Crippen molar-refractivity contribution in [3.63, 3.8) is 0 Å². The van der Waals surface area contributed by atoms with Crippen LogP contribution in [0, 0.1) is 12.3 Å². The first-order valence-corrected chi connectivity index (χ1v) is 6.22. The van der Waals surface area contributed by atoms with E-state index >= 15 is 0 Å². The lowest BCUT2D eigenvalue weighted by atomic mass is 9.99. The second-order valence-corrected chi connectivity index (χ2v) is 4.63. The Bertz CT molecular complexity index is 324. The first-order chi connectivity index (χ1) is 7.74. The summed E-state index contributed by atoms with van der Waals surface area (Å²) >= 11 is 0. The molecule has 0 heterocycles. The molecule has 0 unspecified atom stereocenters. The summed E-state index contributed by atoms with van der Waals surface area (Å²) in [6, 6.07) is 8.98. The highest BCUT2D eigenvalue weighted by molar-refractivity contribution is 5.24. The molecule has 0 aliphatic carbocycles. The second-order valence-electron chi connectivity index (χ2n) is 4.63. The average molecular weight is 213 g/mol. The molecule has 1 radical (unpaired) electrons. The minimum absolute atomic E-state index is 0.622. The van der Waals surface area contributed by atoms with Crippen molar-refractivity contribution in [2.24, 2.45) is 0 Å². The van der Waals surface area contributed by atoms with Crippen LogP contribution in [-0.4, -0.2) is 0 Å². The fourth-order valence-corrected chi connectivity index (χ4v) is 1.79. The number of hydrogen-bond donors (Lipinski definition) is 0. The third-order valence-corrected chi connectivity index (χ3v) is 2.91. The number of aryl methyl sites for hydroxylation is 1. The van der Waals surface area contributed by atoms with Crippen LogP contribution in [0.15, 0.2) is 24.3 Å². The zero-order chi connectivity index (χ0) is 11.8. The van der Waals surface area contributed by atoms with Crippen molar-refractivity contribution < 1.29 is 0 Å². The van der Waals surface area contributed by atoms with Crippen molar-refractivity contribution in [1.82, 2.24) is 0 Å². The molecule has 0 heteroatoms. The van der Waals surface area contributed by atoms with Gasteiger partial charge in [-0.25, -0.2) is 0 Å². The molecule has 0 fully saturated rings. The Balaban J connectivity index is 2.30. The Morgan fingerprint density at radius 1 is 1.06 bits per heavy atom. The lowest BCUT2D eigenvalue weighted by Gasteiger charge is -2.06. The molecular weight excluding hydrogens is 192 g/mol. The molecule has 0 bridgehead atoms.